The molecule has 1 N–H and O–H groups in total. The molecule has 5 heteroatoms. The summed E-state index contributed by atoms with van der Waals surface area (Å²) in [7, 11) is 0. The molecule has 2 fully saturated rings. The zero-order valence-electron chi connectivity index (χ0n) is 20.3. The zero-order valence-corrected chi connectivity index (χ0v) is 21.8. The average Bonchev–Trinajstić information content (AvgIpc) is 3.54. The molecule has 0 radical (unpaired) electrons. The minimum absolute atomic E-state index is 0.0328. The molecule has 0 bridgehead atoms. The first-order valence-electron chi connectivity index (χ1n) is 12.4. The fourth-order valence-electron chi connectivity index (χ4n) is 5.64. The van der Waals surface area contributed by atoms with E-state index in [0.717, 1.165) is 36.3 Å². The van der Waals surface area contributed by atoms with Crippen molar-refractivity contribution in [2.45, 2.75) is 82.7 Å². The van der Waals surface area contributed by atoms with Crippen LogP contribution in [0.1, 0.15) is 76.3 Å². The van der Waals surface area contributed by atoms with E-state index in [2.05, 4.69) is 32.2 Å². The number of rotatable bonds is 8. The summed E-state index contributed by atoms with van der Waals surface area (Å²) >= 11 is 12.6. The van der Waals surface area contributed by atoms with E-state index in [1.807, 2.05) is 48.5 Å². The molecule has 1 saturated heterocycles. The molecule has 180 valence electrons. The number of halogens is 2. The van der Waals surface area contributed by atoms with Crippen molar-refractivity contribution in [2.75, 3.05) is 0 Å². The Hall–Kier alpha value is -1.86. The summed E-state index contributed by atoms with van der Waals surface area (Å²) in [5.74, 6) is 0.641. The highest BCUT2D eigenvalue weighted by atomic mass is 35.5. The van der Waals surface area contributed by atoms with Crippen LogP contribution in [0.15, 0.2) is 48.5 Å². The van der Waals surface area contributed by atoms with Gasteiger partial charge in [-0.05, 0) is 59.6 Å². The summed E-state index contributed by atoms with van der Waals surface area (Å²) < 4.78 is 0. The average molecular weight is 498 g/mol. The molecule has 34 heavy (non-hydrogen) atoms. The van der Waals surface area contributed by atoms with E-state index in [1.165, 1.54) is 12.8 Å². The van der Waals surface area contributed by atoms with Gasteiger partial charge >= 0.3 is 0 Å². The Morgan fingerprint density at radius 2 is 1.82 bits per heavy atom. The summed E-state index contributed by atoms with van der Waals surface area (Å²) in [6, 6.07) is 17.3. The van der Waals surface area contributed by atoms with E-state index in [9.17, 15) is 10.1 Å². The van der Waals surface area contributed by atoms with Crippen LogP contribution in [0.2, 0.25) is 10.0 Å². The van der Waals surface area contributed by atoms with Crippen LogP contribution in [0, 0.1) is 22.7 Å². The predicted octanol–water partition coefficient (Wildman–Crippen LogP) is 7.46. The van der Waals surface area contributed by atoms with Gasteiger partial charge in [-0.15, -0.1) is 0 Å². The smallest absolute Gasteiger partial charge is 0.150 e. The Kier molecular flexibility index (Phi) is 7.44. The van der Waals surface area contributed by atoms with Gasteiger partial charge in [0.25, 0.3) is 0 Å². The van der Waals surface area contributed by atoms with Gasteiger partial charge in [-0.25, -0.2) is 0 Å². The van der Waals surface area contributed by atoms with E-state index in [0.29, 0.717) is 16.5 Å². The largest absolute Gasteiger partial charge is 0.302 e. The Balaban J connectivity index is 1.82. The molecule has 2 aromatic rings. The van der Waals surface area contributed by atoms with Gasteiger partial charge in [0.2, 0.25) is 0 Å². The van der Waals surface area contributed by atoms with Crippen LogP contribution in [0.5, 0.6) is 0 Å². The summed E-state index contributed by atoms with van der Waals surface area (Å²) in [5.41, 5.74) is 0.849. The molecule has 0 unspecified atom stereocenters. The van der Waals surface area contributed by atoms with Gasteiger partial charge < -0.3 is 5.32 Å². The normalized spacial score (nSPS) is 26.9. The third-order valence-corrected chi connectivity index (χ3v) is 7.85. The highest BCUT2D eigenvalue weighted by Crippen LogP contribution is 2.51. The van der Waals surface area contributed by atoms with E-state index in [4.69, 9.17) is 23.2 Å². The van der Waals surface area contributed by atoms with E-state index >= 15 is 0 Å². The van der Waals surface area contributed by atoms with Gasteiger partial charge in [0, 0.05) is 28.4 Å². The number of nitrogens with zero attached hydrogens (tertiary/aromatic N) is 1. The number of hydrogen-bond donors (Lipinski definition) is 1. The number of nitriles is 1. The van der Waals surface area contributed by atoms with E-state index in [1.54, 1.807) is 0 Å². The number of Topliss-reactive ketones (excluding diaryl/α,β-unsaturated/α-hetero) is 1. The monoisotopic (exact) mass is 496 g/mol. The summed E-state index contributed by atoms with van der Waals surface area (Å²) in [4.78, 5) is 13.7. The second-order valence-corrected chi connectivity index (χ2v) is 12.2. The van der Waals surface area contributed by atoms with E-state index < -0.39 is 11.5 Å². The van der Waals surface area contributed by atoms with E-state index in [-0.39, 0.29) is 23.2 Å². The van der Waals surface area contributed by atoms with Crippen LogP contribution in [0.4, 0.5) is 0 Å². The molecule has 4 rings (SSSR count). The van der Waals surface area contributed by atoms with Crippen LogP contribution in [-0.4, -0.2) is 17.9 Å². The molecule has 1 aliphatic carbocycles. The molecular weight excluding hydrogens is 463 g/mol. The lowest BCUT2D eigenvalue weighted by Gasteiger charge is -2.37. The van der Waals surface area contributed by atoms with Gasteiger partial charge in [-0.2, -0.15) is 5.26 Å². The highest BCUT2D eigenvalue weighted by molar-refractivity contribution is 6.30. The molecule has 1 aliphatic heterocycles. The fraction of sp³-hybridized carbons (Fsp3) is 0.517. The third-order valence-electron chi connectivity index (χ3n) is 7.36. The van der Waals surface area contributed by atoms with Gasteiger partial charge in [0.15, 0.2) is 0 Å². The van der Waals surface area contributed by atoms with Crippen LogP contribution in [0.25, 0.3) is 0 Å². The van der Waals surface area contributed by atoms with Crippen molar-refractivity contribution in [3.8, 4) is 6.07 Å². The van der Waals surface area contributed by atoms with Crippen molar-refractivity contribution in [1.29, 1.82) is 5.26 Å². The summed E-state index contributed by atoms with van der Waals surface area (Å²) in [6.45, 7) is 6.54. The predicted molar refractivity (Wildman–Crippen MR) is 139 cm³/mol. The molecule has 3 nitrogen and oxygen atoms in total. The number of carbonyl (C=O) groups is 1. The fourth-order valence-corrected chi connectivity index (χ4v) is 5.96. The minimum Gasteiger partial charge on any atom is -0.302 e. The third kappa shape index (κ3) is 5.35. The maximum atomic E-state index is 13.7. The summed E-state index contributed by atoms with van der Waals surface area (Å²) in [6.07, 6.45) is 5.91. The van der Waals surface area contributed by atoms with Crippen molar-refractivity contribution in [3.05, 3.63) is 69.7 Å². The van der Waals surface area contributed by atoms with Gasteiger partial charge in [-0.1, -0.05) is 87.5 Å². The maximum Gasteiger partial charge on any atom is 0.150 e. The Labute approximate surface area is 213 Å². The first-order chi connectivity index (χ1) is 16.1. The van der Waals surface area contributed by atoms with Crippen molar-refractivity contribution >= 4 is 29.0 Å². The van der Waals surface area contributed by atoms with Crippen molar-refractivity contribution in [3.63, 3.8) is 0 Å². The molecule has 1 saturated carbocycles. The second kappa shape index (κ2) is 10.0. The Bertz CT molecular complexity index is 1060. The van der Waals surface area contributed by atoms with Crippen LogP contribution < -0.4 is 5.32 Å². The van der Waals surface area contributed by atoms with Crippen LogP contribution in [0.3, 0.4) is 0 Å². The Morgan fingerprint density at radius 3 is 2.41 bits per heavy atom. The lowest BCUT2D eigenvalue weighted by atomic mass is 9.62. The van der Waals surface area contributed by atoms with Crippen LogP contribution in [-0.2, 0) is 10.2 Å². The number of benzene rings is 2. The molecular formula is C29H34Cl2N2O. The lowest BCUT2D eigenvalue weighted by Crippen LogP contribution is -2.44. The van der Waals surface area contributed by atoms with Crippen molar-refractivity contribution < 1.29 is 4.79 Å². The molecule has 0 amide bonds. The minimum atomic E-state index is -0.931. The van der Waals surface area contributed by atoms with Crippen LogP contribution >= 0.6 is 23.2 Å². The quantitative estimate of drug-likeness (QED) is 0.412. The summed E-state index contributed by atoms with van der Waals surface area (Å²) in [5, 5.41) is 15.8. The van der Waals surface area contributed by atoms with Gasteiger partial charge in [0.05, 0.1) is 12.1 Å². The highest BCUT2D eigenvalue weighted by Gasteiger charge is 2.59. The zero-order chi connectivity index (χ0) is 24.5. The molecule has 2 aliphatic rings. The first-order valence-corrected chi connectivity index (χ1v) is 13.1. The number of carbonyl (C=O) groups excluding carboxylic acids is 1. The number of nitrogens with one attached hydrogen (secondary N) is 1. The molecule has 2 aromatic carbocycles. The molecule has 1 heterocycles. The lowest BCUT2D eigenvalue weighted by molar-refractivity contribution is -0.121. The van der Waals surface area contributed by atoms with Crippen molar-refractivity contribution in [2.24, 2.45) is 11.3 Å². The SMILES string of the molecule is CC(C)(C)C[C@@H]1N[C@@H](C(=O)CCCC2CC2)[C@H](c2cccc(Cl)c2)[C@@]1(C#N)c1ccc(Cl)cc1. The second-order valence-electron chi connectivity index (χ2n) is 11.3. The number of hydrogen-bond acceptors (Lipinski definition) is 3. The maximum absolute atomic E-state index is 13.7. The van der Waals surface area contributed by atoms with Gasteiger partial charge in [0.1, 0.15) is 11.2 Å². The first kappa shape index (κ1) is 25.2. The topological polar surface area (TPSA) is 52.9 Å². The van der Waals surface area contributed by atoms with Crippen molar-refractivity contribution in [1.82, 2.24) is 5.32 Å². The number of ketones is 1. The molecule has 0 spiro atoms. The Morgan fingerprint density at radius 1 is 1.12 bits per heavy atom. The standard InChI is InChI=1S/C29H34Cl2N2O/c1-28(2,3)17-25-29(18-32,21-12-14-22(30)15-13-21)26(20-7-5-8-23(31)16-20)27(33-25)24(34)9-4-6-19-10-11-19/h5,7-8,12-16,19,25-27,33H,4,6,9-11,17H2,1-3H3/t25-,26-,27-,29-/m0/s1. The molecule has 0 aromatic heterocycles. The van der Waals surface area contributed by atoms with Gasteiger partial charge in [-0.3, -0.25) is 4.79 Å². The molecule has 4 atom stereocenters.